The zero-order valence-electron chi connectivity index (χ0n) is 12.6. The molecule has 0 saturated heterocycles. The van der Waals surface area contributed by atoms with E-state index in [1.807, 2.05) is 34.4 Å². The Hall–Kier alpha value is -1.61. The molecule has 110 valence electrons. The molecule has 0 bridgehead atoms. The number of hydrogen-bond donors (Lipinski definition) is 0. The predicted molar refractivity (Wildman–Crippen MR) is 87.5 cm³/mol. The molecule has 0 saturated carbocycles. The maximum absolute atomic E-state index is 12.6. The van der Waals surface area contributed by atoms with E-state index in [0.29, 0.717) is 6.42 Å². The van der Waals surface area contributed by atoms with E-state index >= 15 is 0 Å². The van der Waals surface area contributed by atoms with Gasteiger partial charge in [0.25, 0.3) is 0 Å². The van der Waals surface area contributed by atoms with Crippen molar-refractivity contribution >= 4 is 17.2 Å². The standard InChI is InChI=1S/C18H21NOS/c1-18(2,15-6-4-3-5-7-15)12-17(20)19-10-8-16-14(13-19)9-11-21-16/h3-7,9,11H,8,10,12-13H2,1-2H3. The molecule has 0 N–H and O–H groups in total. The fourth-order valence-electron chi connectivity index (χ4n) is 2.94. The van der Waals surface area contributed by atoms with Gasteiger partial charge in [0.05, 0.1) is 0 Å². The first-order chi connectivity index (χ1) is 10.1. The smallest absolute Gasteiger partial charge is 0.223 e. The Morgan fingerprint density at radius 1 is 1.24 bits per heavy atom. The summed E-state index contributed by atoms with van der Waals surface area (Å²) >= 11 is 1.81. The van der Waals surface area contributed by atoms with E-state index in [1.165, 1.54) is 16.0 Å². The minimum absolute atomic E-state index is 0.118. The molecule has 2 nitrogen and oxygen atoms in total. The van der Waals surface area contributed by atoms with Crippen LogP contribution in [0.2, 0.25) is 0 Å². The Bertz CT molecular complexity index is 630. The van der Waals surface area contributed by atoms with Crippen molar-refractivity contribution in [3.8, 4) is 0 Å². The van der Waals surface area contributed by atoms with E-state index in [4.69, 9.17) is 0 Å². The molecular formula is C18H21NOS. The number of thiophene rings is 1. The average Bonchev–Trinajstić information content (AvgIpc) is 2.95. The first kappa shape index (κ1) is 14.3. The number of fused-ring (bicyclic) bond motifs is 1. The van der Waals surface area contributed by atoms with Crippen molar-refractivity contribution < 1.29 is 4.79 Å². The van der Waals surface area contributed by atoms with Crippen molar-refractivity contribution in [2.45, 2.75) is 38.6 Å². The molecule has 0 unspecified atom stereocenters. The summed E-state index contributed by atoms with van der Waals surface area (Å²) in [6.45, 7) is 5.94. The van der Waals surface area contributed by atoms with Crippen LogP contribution in [0.5, 0.6) is 0 Å². The maximum Gasteiger partial charge on any atom is 0.223 e. The topological polar surface area (TPSA) is 20.3 Å². The summed E-state index contributed by atoms with van der Waals surface area (Å²) in [6, 6.07) is 12.5. The lowest BCUT2D eigenvalue weighted by atomic mass is 9.81. The van der Waals surface area contributed by atoms with Crippen LogP contribution in [0.1, 0.15) is 36.3 Å². The lowest BCUT2D eigenvalue weighted by Gasteiger charge is -2.31. The van der Waals surface area contributed by atoms with Crippen LogP contribution in [-0.4, -0.2) is 17.4 Å². The summed E-state index contributed by atoms with van der Waals surface area (Å²) in [5.74, 6) is 0.265. The highest BCUT2D eigenvalue weighted by molar-refractivity contribution is 7.10. The van der Waals surface area contributed by atoms with Crippen LogP contribution in [0.15, 0.2) is 41.8 Å². The molecule has 1 amide bonds. The molecule has 1 aromatic heterocycles. The van der Waals surface area contributed by atoms with E-state index in [1.54, 1.807) is 0 Å². The second kappa shape index (κ2) is 5.64. The van der Waals surface area contributed by atoms with Gasteiger partial charge in [-0.15, -0.1) is 11.3 Å². The molecule has 2 aromatic rings. The minimum atomic E-state index is -0.118. The molecule has 0 aliphatic carbocycles. The fraction of sp³-hybridized carbons (Fsp3) is 0.389. The Morgan fingerprint density at radius 2 is 2.00 bits per heavy atom. The minimum Gasteiger partial charge on any atom is -0.338 e. The zero-order valence-corrected chi connectivity index (χ0v) is 13.5. The number of carbonyl (C=O) groups is 1. The van der Waals surface area contributed by atoms with Crippen molar-refractivity contribution in [2.75, 3.05) is 6.54 Å². The Morgan fingerprint density at radius 3 is 2.76 bits per heavy atom. The normalized spacial score (nSPS) is 14.9. The largest absolute Gasteiger partial charge is 0.338 e. The second-order valence-electron chi connectivity index (χ2n) is 6.36. The van der Waals surface area contributed by atoms with Crippen molar-refractivity contribution in [3.05, 3.63) is 57.8 Å². The molecule has 21 heavy (non-hydrogen) atoms. The molecule has 3 rings (SSSR count). The number of carbonyl (C=O) groups excluding carboxylic acids is 1. The van der Waals surface area contributed by atoms with Gasteiger partial charge in [-0.25, -0.2) is 0 Å². The molecule has 1 aromatic carbocycles. The summed E-state index contributed by atoms with van der Waals surface area (Å²) in [7, 11) is 0. The first-order valence-corrected chi connectivity index (χ1v) is 8.33. The van der Waals surface area contributed by atoms with Crippen molar-refractivity contribution in [1.82, 2.24) is 4.90 Å². The molecule has 0 spiro atoms. The van der Waals surface area contributed by atoms with Gasteiger partial charge in [0.15, 0.2) is 0 Å². The third kappa shape index (κ3) is 3.03. The van der Waals surface area contributed by atoms with E-state index in [2.05, 4.69) is 37.4 Å². The lowest BCUT2D eigenvalue weighted by molar-refractivity contribution is -0.133. The zero-order chi connectivity index (χ0) is 14.9. The third-order valence-corrected chi connectivity index (χ3v) is 5.33. The van der Waals surface area contributed by atoms with Crippen LogP contribution in [0, 0.1) is 0 Å². The van der Waals surface area contributed by atoms with Gasteiger partial charge in [-0.2, -0.15) is 0 Å². The second-order valence-corrected chi connectivity index (χ2v) is 7.36. The van der Waals surface area contributed by atoms with E-state index in [9.17, 15) is 4.79 Å². The molecular weight excluding hydrogens is 278 g/mol. The van der Waals surface area contributed by atoms with E-state index < -0.39 is 0 Å². The molecule has 1 aliphatic rings. The third-order valence-electron chi connectivity index (χ3n) is 4.31. The Kier molecular flexibility index (Phi) is 3.85. The lowest BCUT2D eigenvalue weighted by Crippen LogP contribution is -2.38. The van der Waals surface area contributed by atoms with Gasteiger partial charge in [0, 0.05) is 24.4 Å². The van der Waals surface area contributed by atoms with Crippen LogP contribution in [0.3, 0.4) is 0 Å². The highest BCUT2D eigenvalue weighted by Gasteiger charge is 2.28. The number of amides is 1. The predicted octanol–water partition coefficient (Wildman–Crippen LogP) is 4.00. The van der Waals surface area contributed by atoms with Crippen LogP contribution in [0.4, 0.5) is 0 Å². The van der Waals surface area contributed by atoms with Gasteiger partial charge < -0.3 is 4.90 Å². The van der Waals surface area contributed by atoms with Crippen LogP contribution >= 0.6 is 11.3 Å². The quantitative estimate of drug-likeness (QED) is 0.839. The van der Waals surface area contributed by atoms with Gasteiger partial charge in [-0.05, 0) is 34.4 Å². The number of benzene rings is 1. The Labute approximate surface area is 130 Å². The molecule has 0 fully saturated rings. The first-order valence-electron chi connectivity index (χ1n) is 7.45. The molecule has 3 heteroatoms. The monoisotopic (exact) mass is 299 g/mol. The maximum atomic E-state index is 12.6. The highest BCUT2D eigenvalue weighted by atomic mass is 32.1. The van der Waals surface area contributed by atoms with Crippen LogP contribution < -0.4 is 0 Å². The van der Waals surface area contributed by atoms with Crippen LogP contribution in [-0.2, 0) is 23.2 Å². The van der Waals surface area contributed by atoms with Gasteiger partial charge >= 0.3 is 0 Å². The molecule has 1 aliphatic heterocycles. The van der Waals surface area contributed by atoms with Crippen molar-refractivity contribution in [1.29, 1.82) is 0 Å². The van der Waals surface area contributed by atoms with Gasteiger partial charge in [0.1, 0.15) is 0 Å². The summed E-state index contributed by atoms with van der Waals surface area (Å²) < 4.78 is 0. The highest BCUT2D eigenvalue weighted by Crippen LogP contribution is 2.30. The van der Waals surface area contributed by atoms with E-state index in [-0.39, 0.29) is 11.3 Å². The molecule has 0 atom stereocenters. The number of nitrogens with zero attached hydrogens (tertiary/aromatic N) is 1. The summed E-state index contributed by atoms with van der Waals surface area (Å²) in [5, 5.41) is 2.13. The summed E-state index contributed by atoms with van der Waals surface area (Å²) in [6.07, 6.45) is 1.57. The summed E-state index contributed by atoms with van der Waals surface area (Å²) in [5.41, 5.74) is 2.44. The number of rotatable bonds is 3. The van der Waals surface area contributed by atoms with Gasteiger partial charge in [-0.3, -0.25) is 4.79 Å². The SMILES string of the molecule is CC(C)(CC(=O)N1CCc2sccc2C1)c1ccccc1. The number of hydrogen-bond acceptors (Lipinski definition) is 2. The van der Waals surface area contributed by atoms with Crippen molar-refractivity contribution in [3.63, 3.8) is 0 Å². The summed E-state index contributed by atoms with van der Waals surface area (Å²) in [4.78, 5) is 16.1. The average molecular weight is 299 g/mol. The van der Waals surface area contributed by atoms with Gasteiger partial charge in [0.2, 0.25) is 5.91 Å². The van der Waals surface area contributed by atoms with Crippen molar-refractivity contribution in [2.24, 2.45) is 0 Å². The Balaban J connectivity index is 1.70. The van der Waals surface area contributed by atoms with Gasteiger partial charge in [-0.1, -0.05) is 44.2 Å². The molecule has 2 heterocycles. The fourth-order valence-corrected chi connectivity index (χ4v) is 3.83. The van der Waals surface area contributed by atoms with E-state index in [0.717, 1.165) is 19.5 Å². The molecule has 0 radical (unpaired) electrons. The van der Waals surface area contributed by atoms with Crippen LogP contribution in [0.25, 0.3) is 0 Å².